The Balaban J connectivity index is 1.88. The highest BCUT2D eigenvalue weighted by Crippen LogP contribution is 2.20. The number of ether oxygens (including phenoxy) is 1. The van der Waals surface area contributed by atoms with Gasteiger partial charge in [0.05, 0.1) is 13.1 Å². The molecule has 0 bridgehead atoms. The van der Waals surface area contributed by atoms with Gasteiger partial charge in [0.25, 0.3) is 0 Å². The minimum Gasteiger partial charge on any atom is -0.448 e. The predicted octanol–water partition coefficient (Wildman–Crippen LogP) is 2.07. The van der Waals surface area contributed by atoms with E-state index >= 15 is 0 Å². The average Bonchev–Trinajstić information content (AvgIpc) is 2.68. The van der Waals surface area contributed by atoms with Crippen molar-refractivity contribution in [3.05, 3.63) is 29.8 Å². The van der Waals surface area contributed by atoms with Crippen molar-refractivity contribution >= 4 is 23.0 Å². The van der Waals surface area contributed by atoms with Crippen molar-refractivity contribution in [3.63, 3.8) is 0 Å². The molecule has 0 unspecified atom stereocenters. The third-order valence-electron chi connectivity index (χ3n) is 2.42. The Kier molecular flexibility index (Phi) is 3.68. The number of benzene rings is 1. The van der Waals surface area contributed by atoms with Gasteiger partial charge in [-0.25, -0.2) is 4.79 Å². The van der Waals surface area contributed by atoms with E-state index in [1.807, 2.05) is 31.2 Å². The van der Waals surface area contributed by atoms with E-state index < -0.39 is 6.09 Å². The van der Waals surface area contributed by atoms with E-state index in [0.29, 0.717) is 13.2 Å². The van der Waals surface area contributed by atoms with Gasteiger partial charge in [0, 0.05) is 4.90 Å². The number of carbonyl (C=O) groups excluding carboxylic acids is 2. The molecule has 1 heterocycles. The third-order valence-corrected chi connectivity index (χ3v) is 3.28. The first kappa shape index (κ1) is 12.0. The molecule has 0 radical (unpaired) electrons. The number of rotatable bonds is 3. The van der Waals surface area contributed by atoms with Gasteiger partial charge in [-0.1, -0.05) is 29.5 Å². The van der Waals surface area contributed by atoms with E-state index in [1.165, 1.54) is 4.90 Å². The lowest BCUT2D eigenvalue weighted by atomic mass is 10.2. The molecule has 0 aliphatic carbocycles. The van der Waals surface area contributed by atoms with E-state index in [2.05, 4.69) is 0 Å². The van der Waals surface area contributed by atoms with Crippen LogP contribution in [-0.4, -0.2) is 35.8 Å². The predicted molar refractivity (Wildman–Crippen MR) is 65.0 cm³/mol. The molecule has 1 saturated heterocycles. The quantitative estimate of drug-likeness (QED) is 0.771. The fourth-order valence-electron chi connectivity index (χ4n) is 1.50. The summed E-state index contributed by atoms with van der Waals surface area (Å²) >= 11 is 1.15. The van der Waals surface area contributed by atoms with Gasteiger partial charge in [-0.3, -0.25) is 9.69 Å². The van der Waals surface area contributed by atoms with Crippen molar-refractivity contribution in [2.45, 2.75) is 11.8 Å². The molecule has 1 amide bonds. The molecule has 1 fully saturated rings. The smallest absolute Gasteiger partial charge is 0.410 e. The SMILES string of the molecule is Cc1ccc(SC(=O)CN2CCOC2=O)cc1. The zero-order chi connectivity index (χ0) is 12.3. The van der Waals surface area contributed by atoms with E-state index in [9.17, 15) is 9.59 Å². The van der Waals surface area contributed by atoms with Gasteiger partial charge in [-0.15, -0.1) is 0 Å². The normalized spacial score (nSPS) is 14.9. The number of aryl methyl sites for hydroxylation is 1. The van der Waals surface area contributed by atoms with Crippen LogP contribution in [0.2, 0.25) is 0 Å². The molecule has 0 spiro atoms. The molecule has 0 N–H and O–H groups in total. The summed E-state index contributed by atoms with van der Waals surface area (Å²) in [5, 5.41) is -0.0484. The molecule has 0 atom stereocenters. The van der Waals surface area contributed by atoms with Crippen LogP contribution in [0.3, 0.4) is 0 Å². The summed E-state index contributed by atoms with van der Waals surface area (Å²) in [6.07, 6.45) is -0.400. The number of hydrogen-bond acceptors (Lipinski definition) is 4. The van der Waals surface area contributed by atoms with Gasteiger partial charge >= 0.3 is 6.09 Å². The van der Waals surface area contributed by atoms with Gasteiger partial charge in [-0.05, 0) is 19.1 Å². The number of amides is 1. The molecule has 1 aliphatic heterocycles. The Bertz CT molecular complexity index is 430. The van der Waals surface area contributed by atoms with Crippen molar-refractivity contribution in [2.75, 3.05) is 19.7 Å². The maximum absolute atomic E-state index is 11.7. The topological polar surface area (TPSA) is 46.6 Å². The lowest BCUT2D eigenvalue weighted by Gasteiger charge is -2.10. The zero-order valence-corrected chi connectivity index (χ0v) is 10.3. The van der Waals surface area contributed by atoms with Crippen LogP contribution in [0.5, 0.6) is 0 Å². The number of thioether (sulfide) groups is 1. The zero-order valence-electron chi connectivity index (χ0n) is 9.51. The molecule has 17 heavy (non-hydrogen) atoms. The second-order valence-electron chi connectivity index (χ2n) is 3.82. The highest BCUT2D eigenvalue weighted by Gasteiger charge is 2.24. The first-order valence-corrected chi connectivity index (χ1v) is 6.16. The Morgan fingerprint density at radius 2 is 2.12 bits per heavy atom. The average molecular weight is 251 g/mol. The largest absolute Gasteiger partial charge is 0.448 e. The van der Waals surface area contributed by atoms with Crippen molar-refractivity contribution in [1.29, 1.82) is 0 Å². The number of hydrogen-bond donors (Lipinski definition) is 0. The molecule has 5 heteroatoms. The summed E-state index contributed by atoms with van der Waals surface area (Å²) in [5.41, 5.74) is 1.16. The number of nitrogens with zero attached hydrogens (tertiary/aromatic N) is 1. The van der Waals surface area contributed by atoms with Crippen LogP contribution in [0.25, 0.3) is 0 Å². The summed E-state index contributed by atoms with van der Waals surface area (Å²) in [6, 6.07) is 7.72. The van der Waals surface area contributed by atoms with Crippen LogP contribution in [0.1, 0.15) is 5.56 Å². The minimum atomic E-state index is -0.400. The molecule has 90 valence electrons. The second kappa shape index (κ2) is 5.23. The Morgan fingerprint density at radius 1 is 1.41 bits per heavy atom. The lowest BCUT2D eigenvalue weighted by molar-refractivity contribution is -0.111. The van der Waals surface area contributed by atoms with Crippen molar-refractivity contribution < 1.29 is 14.3 Å². The van der Waals surface area contributed by atoms with E-state index in [4.69, 9.17) is 4.74 Å². The Labute approximate surface area is 104 Å². The van der Waals surface area contributed by atoms with Gasteiger partial charge in [0.15, 0.2) is 0 Å². The standard InChI is InChI=1S/C12H13NO3S/c1-9-2-4-10(5-3-9)17-11(14)8-13-6-7-16-12(13)15/h2-5H,6-8H2,1H3. The summed E-state index contributed by atoms with van der Waals surface area (Å²) in [6.45, 7) is 2.98. The fraction of sp³-hybridized carbons (Fsp3) is 0.333. The maximum atomic E-state index is 11.7. The van der Waals surface area contributed by atoms with Gasteiger partial charge in [-0.2, -0.15) is 0 Å². The van der Waals surface area contributed by atoms with Crippen LogP contribution in [-0.2, 0) is 9.53 Å². The van der Waals surface area contributed by atoms with Gasteiger partial charge in [0.1, 0.15) is 6.61 Å². The van der Waals surface area contributed by atoms with Crippen LogP contribution in [0.15, 0.2) is 29.2 Å². The first-order chi connectivity index (χ1) is 8.15. The van der Waals surface area contributed by atoms with Crippen LogP contribution in [0, 0.1) is 6.92 Å². The monoisotopic (exact) mass is 251 g/mol. The maximum Gasteiger partial charge on any atom is 0.410 e. The lowest BCUT2D eigenvalue weighted by Crippen LogP contribution is -2.29. The van der Waals surface area contributed by atoms with Crippen molar-refractivity contribution in [1.82, 2.24) is 4.90 Å². The summed E-state index contributed by atoms with van der Waals surface area (Å²) < 4.78 is 4.76. The Hall–Kier alpha value is -1.49. The molecule has 4 nitrogen and oxygen atoms in total. The third kappa shape index (κ3) is 3.23. The van der Waals surface area contributed by atoms with Gasteiger partial charge in [0.2, 0.25) is 5.12 Å². The van der Waals surface area contributed by atoms with Gasteiger partial charge < -0.3 is 4.74 Å². The summed E-state index contributed by atoms with van der Waals surface area (Å²) in [4.78, 5) is 25.2. The minimum absolute atomic E-state index is 0.0484. The van der Waals surface area contributed by atoms with E-state index in [-0.39, 0.29) is 11.7 Å². The molecule has 0 aromatic heterocycles. The molecule has 1 aromatic rings. The second-order valence-corrected chi connectivity index (χ2v) is 4.95. The first-order valence-electron chi connectivity index (χ1n) is 5.34. The summed E-state index contributed by atoms with van der Waals surface area (Å²) in [7, 11) is 0. The summed E-state index contributed by atoms with van der Waals surface area (Å²) in [5.74, 6) is 0. The molecule has 0 saturated carbocycles. The molecular weight excluding hydrogens is 238 g/mol. The van der Waals surface area contributed by atoms with Crippen LogP contribution < -0.4 is 0 Å². The molecule has 1 aliphatic rings. The highest BCUT2D eigenvalue weighted by atomic mass is 32.2. The molecule has 2 rings (SSSR count). The number of cyclic esters (lactones) is 1. The van der Waals surface area contributed by atoms with E-state index in [1.54, 1.807) is 0 Å². The fourth-order valence-corrected chi connectivity index (χ4v) is 2.25. The molecular formula is C12H13NO3S. The van der Waals surface area contributed by atoms with Crippen molar-refractivity contribution in [2.24, 2.45) is 0 Å². The molecule has 1 aromatic carbocycles. The Morgan fingerprint density at radius 3 is 2.71 bits per heavy atom. The van der Waals surface area contributed by atoms with Crippen LogP contribution in [0.4, 0.5) is 4.79 Å². The number of carbonyl (C=O) groups is 2. The van der Waals surface area contributed by atoms with Crippen LogP contribution >= 0.6 is 11.8 Å². The van der Waals surface area contributed by atoms with E-state index in [0.717, 1.165) is 22.2 Å². The van der Waals surface area contributed by atoms with Crippen molar-refractivity contribution in [3.8, 4) is 0 Å². The highest BCUT2D eigenvalue weighted by molar-refractivity contribution is 8.13.